The van der Waals surface area contributed by atoms with Gasteiger partial charge in [0.15, 0.2) is 17.6 Å². The number of nitrogens with one attached hydrogen (secondary N) is 2. The second kappa shape index (κ2) is 10.9. The number of sulfonamides is 1. The number of hydrogen-bond acceptors (Lipinski definition) is 3. The predicted molar refractivity (Wildman–Crippen MR) is 113 cm³/mol. The predicted octanol–water partition coefficient (Wildman–Crippen LogP) is 2.83. The minimum atomic E-state index is -3.15. The molecule has 1 saturated heterocycles. The van der Waals surface area contributed by atoms with Gasteiger partial charge in [-0.25, -0.2) is 21.5 Å². The molecule has 29 heavy (non-hydrogen) atoms. The van der Waals surface area contributed by atoms with Gasteiger partial charge in [-0.1, -0.05) is 19.9 Å². The summed E-state index contributed by atoms with van der Waals surface area (Å²) in [5.41, 5.74) is 0.693. The minimum absolute atomic E-state index is 0.0680. The molecule has 0 radical (unpaired) electrons. The third-order valence-corrected chi connectivity index (χ3v) is 7.11. The zero-order chi connectivity index (χ0) is 21.4. The van der Waals surface area contributed by atoms with Crippen LogP contribution in [-0.4, -0.2) is 56.7 Å². The molecule has 0 aliphatic carbocycles. The van der Waals surface area contributed by atoms with Crippen LogP contribution in [0.3, 0.4) is 0 Å². The van der Waals surface area contributed by atoms with Crippen LogP contribution in [0.15, 0.2) is 23.2 Å². The van der Waals surface area contributed by atoms with E-state index in [1.165, 1.54) is 6.07 Å². The van der Waals surface area contributed by atoms with Gasteiger partial charge in [-0.2, -0.15) is 0 Å². The molecule has 2 N–H and O–H groups in total. The number of rotatable bonds is 8. The smallest absolute Gasteiger partial charge is 0.214 e. The highest BCUT2D eigenvalue weighted by Crippen LogP contribution is 2.19. The van der Waals surface area contributed by atoms with Crippen LogP contribution < -0.4 is 10.6 Å². The SMILES string of the molecule is CCCS(=O)(=O)N1CCC(NC(=NCC(C)c2ccc(F)c(F)c2)NCC)CC1. The molecule has 1 aromatic carbocycles. The van der Waals surface area contributed by atoms with E-state index in [0.717, 1.165) is 6.07 Å². The van der Waals surface area contributed by atoms with Crippen LogP contribution in [0.1, 0.15) is 51.5 Å². The zero-order valence-corrected chi connectivity index (χ0v) is 18.2. The first-order chi connectivity index (χ1) is 13.8. The van der Waals surface area contributed by atoms with Crippen LogP contribution in [0.5, 0.6) is 0 Å². The highest BCUT2D eigenvalue weighted by molar-refractivity contribution is 7.89. The van der Waals surface area contributed by atoms with Crippen LogP contribution >= 0.6 is 0 Å². The van der Waals surface area contributed by atoms with E-state index in [1.807, 2.05) is 20.8 Å². The average molecular weight is 431 g/mol. The van der Waals surface area contributed by atoms with Crippen molar-refractivity contribution < 1.29 is 17.2 Å². The number of piperidine rings is 1. The van der Waals surface area contributed by atoms with Crippen molar-refractivity contribution in [2.24, 2.45) is 4.99 Å². The Kier molecular flexibility index (Phi) is 8.82. The second-order valence-corrected chi connectivity index (χ2v) is 9.52. The third kappa shape index (κ3) is 6.92. The van der Waals surface area contributed by atoms with Crippen LogP contribution in [-0.2, 0) is 10.0 Å². The van der Waals surface area contributed by atoms with Crippen molar-refractivity contribution in [3.8, 4) is 0 Å². The Balaban J connectivity index is 1.93. The largest absolute Gasteiger partial charge is 0.357 e. The Labute approximate surface area is 172 Å². The normalized spacial score (nSPS) is 17.9. The topological polar surface area (TPSA) is 73.8 Å². The highest BCUT2D eigenvalue weighted by atomic mass is 32.2. The fourth-order valence-electron chi connectivity index (χ4n) is 3.33. The van der Waals surface area contributed by atoms with Gasteiger partial charge >= 0.3 is 0 Å². The number of hydrogen-bond donors (Lipinski definition) is 2. The maximum absolute atomic E-state index is 13.4. The minimum Gasteiger partial charge on any atom is -0.357 e. The van der Waals surface area contributed by atoms with Crippen molar-refractivity contribution in [3.05, 3.63) is 35.4 Å². The van der Waals surface area contributed by atoms with Gasteiger partial charge in [0.25, 0.3) is 0 Å². The highest BCUT2D eigenvalue weighted by Gasteiger charge is 2.27. The molecule has 0 bridgehead atoms. The molecule has 1 unspecified atom stereocenters. The van der Waals surface area contributed by atoms with Gasteiger partial charge in [-0.05, 0) is 43.9 Å². The Morgan fingerprint density at radius 1 is 1.24 bits per heavy atom. The summed E-state index contributed by atoms with van der Waals surface area (Å²) in [6, 6.07) is 4.06. The van der Waals surface area contributed by atoms with Crippen molar-refractivity contribution in [1.29, 1.82) is 0 Å². The van der Waals surface area contributed by atoms with Crippen molar-refractivity contribution in [2.45, 2.75) is 52.0 Å². The molecule has 164 valence electrons. The first kappa shape index (κ1) is 23.5. The maximum atomic E-state index is 13.4. The Bertz CT molecular complexity index is 794. The van der Waals surface area contributed by atoms with E-state index in [0.29, 0.717) is 57.0 Å². The van der Waals surface area contributed by atoms with E-state index in [2.05, 4.69) is 15.6 Å². The molecule has 0 aromatic heterocycles. The number of halogens is 2. The van der Waals surface area contributed by atoms with Gasteiger partial charge in [0.1, 0.15) is 0 Å². The Hall–Kier alpha value is -1.74. The van der Waals surface area contributed by atoms with Gasteiger partial charge in [0.05, 0.1) is 5.75 Å². The molecule has 1 aromatic rings. The summed E-state index contributed by atoms with van der Waals surface area (Å²) in [4.78, 5) is 4.58. The molecule has 9 heteroatoms. The summed E-state index contributed by atoms with van der Waals surface area (Å²) in [6.07, 6.45) is 2.05. The van der Waals surface area contributed by atoms with Gasteiger partial charge < -0.3 is 10.6 Å². The number of guanidine groups is 1. The lowest BCUT2D eigenvalue weighted by Gasteiger charge is -2.32. The number of nitrogens with zero attached hydrogens (tertiary/aromatic N) is 2. The fourth-order valence-corrected chi connectivity index (χ4v) is 4.87. The van der Waals surface area contributed by atoms with Crippen molar-refractivity contribution in [2.75, 3.05) is 31.9 Å². The lowest BCUT2D eigenvalue weighted by Crippen LogP contribution is -2.50. The van der Waals surface area contributed by atoms with Gasteiger partial charge in [0.2, 0.25) is 10.0 Å². The van der Waals surface area contributed by atoms with Crippen LogP contribution in [0.4, 0.5) is 8.78 Å². The van der Waals surface area contributed by atoms with Crippen LogP contribution in [0, 0.1) is 11.6 Å². The van der Waals surface area contributed by atoms with Crippen molar-refractivity contribution >= 4 is 16.0 Å². The quantitative estimate of drug-likeness (QED) is 0.491. The monoisotopic (exact) mass is 430 g/mol. The number of aliphatic imine (C=N–C) groups is 1. The van der Waals surface area contributed by atoms with E-state index in [9.17, 15) is 17.2 Å². The summed E-state index contributed by atoms with van der Waals surface area (Å²) in [6.45, 7) is 7.87. The zero-order valence-electron chi connectivity index (χ0n) is 17.4. The molecular weight excluding hydrogens is 398 g/mol. The van der Waals surface area contributed by atoms with Crippen LogP contribution in [0.2, 0.25) is 0 Å². The molecule has 1 heterocycles. The molecule has 0 amide bonds. The molecule has 0 spiro atoms. The Morgan fingerprint density at radius 3 is 2.52 bits per heavy atom. The first-order valence-electron chi connectivity index (χ1n) is 10.2. The molecular formula is C20H32F2N4O2S. The second-order valence-electron chi connectivity index (χ2n) is 7.43. The standard InChI is InChI=1S/C20H32F2N4O2S/c1-4-12-29(27,28)26-10-8-17(9-11-26)25-20(23-5-2)24-14-15(3)16-6-7-18(21)19(22)13-16/h6-7,13,15,17H,4-5,8-12,14H2,1-3H3,(H2,23,24,25). The van der Waals surface area contributed by atoms with Gasteiger partial charge in [0, 0.05) is 38.1 Å². The summed E-state index contributed by atoms with van der Waals surface area (Å²) >= 11 is 0. The van der Waals surface area contributed by atoms with E-state index in [4.69, 9.17) is 0 Å². The van der Waals surface area contributed by atoms with Gasteiger partial charge in [-0.15, -0.1) is 0 Å². The number of benzene rings is 1. The van der Waals surface area contributed by atoms with E-state index in [1.54, 1.807) is 10.4 Å². The van der Waals surface area contributed by atoms with Crippen molar-refractivity contribution in [3.63, 3.8) is 0 Å². The first-order valence-corrected chi connectivity index (χ1v) is 11.8. The van der Waals surface area contributed by atoms with E-state index >= 15 is 0 Å². The molecule has 1 atom stereocenters. The Morgan fingerprint density at radius 2 is 1.93 bits per heavy atom. The molecule has 0 saturated carbocycles. The molecule has 1 fully saturated rings. The van der Waals surface area contributed by atoms with E-state index in [-0.39, 0.29) is 17.7 Å². The third-order valence-electron chi connectivity index (χ3n) is 5.03. The fraction of sp³-hybridized carbons (Fsp3) is 0.650. The molecule has 1 aliphatic heterocycles. The summed E-state index contributed by atoms with van der Waals surface area (Å²) < 4.78 is 52.5. The summed E-state index contributed by atoms with van der Waals surface area (Å²) in [5, 5.41) is 6.56. The molecule has 1 aliphatic rings. The molecule has 6 nitrogen and oxygen atoms in total. The lowest BCUT2D eigenvalue weighted by atomic mass is 10.0. The van der Waals surface area contributed by atoms with Crippen molar-refractivity contribution in [1.82, 2.24) is 14.9 Å². The average Bonchev–Trinajstić information content (AvgIpc) is 2.68. The van der Waals surface area contributed by atoms with Crippen LogP contribution in [0.25, 0.3) is 0 Å². The molecule has 2 rings (SSSR count). The maximum Gasteiger partial charge on any atom is 0.214 e. The summed E-state index contributed by atoms with van der Waals surface area (Å²) in [7, 11) is -3.15. The summed E-state index contributed by atoms with van der Waals surface area (Å²) in [5.74, 6) is -0.935. The lowest BCUT2D eigenvalue weighted by molar-refractivity contribution is 0.306. The van der Waals surface area contributed by atoms with E-state index < -0.39 is 21.7 Å². The van der Waals surface area contributed by atoms with Gasteiger partial charge in [-0.3, -0.25) is 4.99 Å².